The van der Waals surface area contributed by atoms with E-state index in [1.807, 2.05) is 6.07 Å². The summed E-state index contributed by atoms with van der Waals surface area (Å²) < 4.78 is 6.51. The lowest BCUT2D eigenvalue weighted by molar-refractivity contribution is 0.409. The lowest BCUT2D eigenvalue weighted by Crippen LogP contribution is -2.00. The van der Waals surface area contributed by atoms with Gasteiger partial charge in [-0.2, -0.15) is 0 Å². The number of rotatable bonds is 4. The predicted molar refractivity (Wildman–Crippen MR) is 92.0 cm³/mol. The van der Waals surface area contributed by atoms with E-state index in [1.165, 1.54) is 22.3 Å². The van der Waals surface area contributed by atoms with Crippen molar-refractivity contribution in [3.05, 3.63) is 63.1 Å². The van der Waals surface area contributed by atoms with Gasteiger partial charge in [0.15, 0.2) is 0 Å². The average Bonchev–Trinajstić information content (AvgIpc) is 2.42. The summed E-state index contributed by atoms with van der Waals surface area (Å²) in [7, 11) is 1.71. The molecule has 3 heteroatoms. The van der Waals surface area contributed by atoms with Gasteiger partial charge in [0, 0.05) is 14.9 Å². The fourth-order valence-electron chi connectivity index (χ4n) is 2.27. The van der Waals surface area contributed by atoms with Crippen LogP contribution >= 0.6 is 31.9 Å². The van der Waals surface area contributed by atoms with Gasteiger partial charge in [0.05, 0.1) is 7.11 Å². The maximum absolute atomic E-state index is 5.48. The molecule has 0 heterocycles. The zero-order chi connectivity index (χ0) is 14.7. The molecular weight excluding hydrogens is 380 g/mol. The van der Waals surface area contributed by atoms with Crippen molar-refractivity contribution in [2.24, 2.45) is 0 Å². The molecule has 0 fully saturated rings. The van der Waals surface area contributed by atoms with E-state index in [9.17, 15) is 0 Å². The molecule has 0 aromatic heterocycles. The van der Waals surface area contributed by atoms with E-state index in [2.05, 4.69) is 76.0 Å². The van der Waals surface area contributed by atoms with Crippen molar-refractivity contribution < 1.29 is 4.74 Å². The number of hydrogen-bond acceptors (Lipinski definition) is 1. The van der Waals surface area contributed by atoms with Crippen LogP contribution in [0, 0.1) is 13.8 Å². The van der Waals surface area contributed by atoms with Crippen molar-refractivity contribution in [2.75, 3.05) is 7.11 Å². The van der Waals surface area contributed by atoms with Gasteiger partial charge >= 0.3 is 0 Å². The Morgan fingerprint density at radius 3 is 2.55 bits per heavy atom. The Bertz CT molecular complexity index is 608. The van der Waals surface area contributed by atoms with Gasteiger partial charge in [0.2, 0.25) is 0 Å². The summed E-state index contributed by atoms with van der Waals surface area (Å²) in [6, 6.07) is 12.8. The van der Waals surface area contributed by atoms with Crippen LogP contribution in [0.3, 0.4) is 0 Å². The van der Waals surface area contributed by atoms with Crippen LogP contribution in [-0.2, 0) is 6.42 Å². The minimum Gasteiger partial charge on any atom is -0.496 e. The van der Waals surface area contributed by atoms with Gasteiger partial charge in [-0.15, -0.1) is 0 Å². The van der Waals surface area contributed by atoms with E-state index in [4.69, 9.17) is 4.74 Å². The Kier molecular flexibility index (Phi) is 5.28. The number of alkyl halides is 1. The van der Waals surface area contributed by atoms with Gasteiger partial charge in [-0.05, 0) is 43.5 Å². The highest BCUT2D eigenvalue weighted by atomic mass is 79.9. The second-order valence-corrected chi connectivity index (χ2v) is 7.01. The molecule has 0 amide bonds. The first-order valence-corrected chi connectivity index (χ1v) is 8.25. The molecule has 0 saturated heterocycles. The molecule has 20 heavy (non-hydrogen) atoms. The lowest BCUT2D eigenvalue weighted by Gasteiger charge is -2.16. The molecule has 0 saturated carbocycles. The van der Waals surface area contributed by atoms with Crippen LogP contribution in [0.1, 0.15) is 27.1 Å². The summed E-state index contributed by atoms with van der Waals surface area (Å²) in [5.74, 6) is 0.909. The summed E-state index contributed by atoms with van der Waals surface area (Å²) in [5, 5.41) is 0. The normalized spacial score (nSPS) is 12.2. The van der Waals surface area contributed by atoms with Gasteiger partial charge in [0.1, 0.15) is 5.75 Å². The van der Waals surface area contributed by atoms with Crippen LogP contribution in [0.4, 0.5) is 0 Å². The molecule has 1 nitrogen and oxygen atoms in total. The Morgan fingerprint density at radius 1 is 1.10 bits per heavy atom. The van der Waals surface area contributed by atoms with Gasteiger partial charge in [-0.25, -0.2) is 0 Å². The van der Waals surface area contributed by atoms with Crippen molar-refractivity contribution in [3.63, 3.8) is 0 Å². The van der Waals surface area contributed by atoms with E-state index in [0.29, 0.717) is 0 Å². The number of aryl methyl sites for hydroxylation is 2. The molecule has 0 aliphatic rings. The predicted octanol–water partition coefficient (Wildman–Crippen LogP) is 5.75. The standard InChI is InChI=1S/C17H18Br2O/c1-11-4-5-12(2)13(8-11)9-16(19)15-7-6-14(18)10-17(15)20-3/h4-8,10,16H,9H2,1-3H3. The van der Waals surface area contributed by atoms with Crippen LogP contribution in [-0.4, -0.2) is 7.11 Å². The molecule has 0 N–H and O–H groups in total. The Balaban J connectivity index is 2.28. The summed E-state index contributed by atoms with van der Waals surface area (Å²) >= 11 is 7.28. The lowest BCUT2D eigenvalue weighted by atomic mass is 9.98. The molecule has 2 aromatic carbocycles. The first-order valence-electron chi connectivity index (χ1n) is 6.55. The van der Waals surface area contributed by atoms with Gasteiger partial charge < -0.3 is 4.74 Å². The Hall–Kier alpha value is -0.800. The van der Waals surface area contributed by atoms with Crippen LogP contribution < -0.4 is 4.74 Å². The van der Waals surface area contributed by atoms with Crippen molar-refractivity contribution in [1.29, 1.82) is 0 Å². The second kappa shape index (κ2) is 6.77. The van der Waals surface area contributed by atoms with E-state index >= 15 is 0 Å². The maximum atomic E-state index is 5.48. The molecule has 106 valence electrons. The third kappa shape index (κ3) is 3.64. The fourth-order valence-corrected chi connectivity index (χ4v) is 3.33. The van der Waals surface area contributed by atoms with Gasteiger partial charge in [-0.3, -0.25) is 0 Å². The second-order valence-electron chi connectivity index (χ2n) is 4.99. The number of ether oxygens (including phenoxy) is 1. The highest BCUT2D eigenvalue weighted by molar-refractivity contribution is 9.10. The minimum absolute atomic E-state index is 0.242. The molecular formula is C17H18Br2O. The molecule has 1 unspecified atom stereocenters. The monoisotopic (exact) mass is 396 g/mol. The quantitative estimate of drug-likeness (QED) is 0.596. The third-order valence-corrected chi connectivity index (χ3v) is 4.75. The zero-order valence-electron chi connectivity index (χ0n) is 11.9. The van der Waals surface area contributed by atoms with E-state index in [0.717, 1.165) is 16.6 Å². The Labute approximate surface area is 137 Å². The average molecular weight is 398 g/mol. The zero-order valence-corrected chi connectivity index (χ0v) is 15.1. The summed E-state index contributed by atoms with van der Waals surface area (Å²) in [6.07, 6.45) is 0.950. The highest BCUT2D eigenvalue weighted by Crippen LogP contribution is 2.36. The SMILES string of the molecule is COc1cc(Br)ccc1C(Br)Cc1cc(C)ccc1C. The maximum Gasteiger partial charge on any atom is 0.124 e. The first kappa shape index (κ1) is 15.6. The van der Waals surface area contributed by atoms with Gasteiger partial charge in [0.25, 0.3) is 0 Å². The molecule has 0 bridgehead atoms. The minimum atomic E-state index is 0.242. The largest absolute Gasteiger partial charge is 0.496 e. The van der Waals surface area contributed by atoms with Crippen LogP contribution in [0.5, 0.6) is 5.75 Å². The molecule has 2 aromatic rings. The summed E-state index contributed by atoms with van der Waals surface area (Å²) in [6.45, 7) is 4.29. The molecule has 0 radical (unpaired) electrons. The Morgan fingerprint density at radius 2 is 1.85 bits per heavy atom. The fraction of sp³-hybridized carbons (Fsp3) is 0.294. The molecule has 1 atom stereocenters. The molecule has 0 aliphatic heterocycles. The van der Waals surface area contributed by atoms with Crippen molar-refractivity contribution in [2.45, 2.75) is 25.1 Å². The van der Waals surface area contributed by atoms with Crippen LogP contribution in [0.2, 0.25) is 0 Å². The smallest absolute Gasteiger partial charge is 0.124 e. The molecule has 0 spiro atoms. The summed E-state index contributed by atoms with van der Waals surface area (Å²) in [5.41, 5.74) is 5.18. The van der Waals surface area contributed by atoms with Crippen molar-refractivity contribution in [1.82, 2.24) is 0 Å². The van der Waals surface area contributed by atoms with E-state index in [1.54, 1.807) is 7.11 Å². The van der Waals surface area contributed by atoms with Crippen molar-refractivity contribution in [3.8, 4) is 5.75 Å². The third-order valence-electron chi connectivity index (χ3n) is 3.44. The summed E-state index contributed by atoms with van der Waals surface area (Å²) in [4.78, 5) is 0.242. The highest BCUT2D eigenvalue weighted by Gasteiger charge is 2.15. The van der Waals surface area contributed by atoms with Gasteiger partial charge in [-0.1, -0.05) is 61.7 Å². The topological polar surface area (TPSA) is 9.23 Å². The van der Waals surface area contributed by atoms with E-state index in [-0.39, 0.29) is 4.83 Å². The molecule has 0 aliphatic carbocycles. The van der Waals surface area contributed by atoms with Crippen molar-refractivity contribution >= 4 is 31.9 Å². The molecule has 2 rings (SSSR count). The number of benzene rings is 2. The van der Waals surface area contributed by atoms with E-state index < -0.39 is 0 Å². The number of hydrogen-bond donors (Lipinski definition) is 0. The number of halogens is 2. The van der Waals surface area contributed by atoms with Crippen LogP contribution in [0.25, 0.3) is 0 Å². The van der Waals surface area contributed by atoms with Crippen LogP contribution in [0.15, 0.2) is 40.9 Å². The first-order chi connectivity index (χ1) is 9.51. The number of methoxy groups -OCH3 is 1.